The Morgan fingerprint density at radius 1 is 1.00 bits per heavy atom. The van der Waals surface area contributed by atoms with Gasteiger partial charge in [0, 0.05) is 11.7 Å². The number of ether oxygens (including phenoxy) is 3. The van der Waals surface area contributed by atoms with Crippen LogP contribution in [0.25, 0.3) is 0 Å². The van der Waals surface area contributed by atoms with Gasteiger partial charge in [-0.15, -0.1) is 11.8 Å². The molecular formula is C38H56O5S. The van der Waals surface area contributed by atoms with Crippen molar-refractivity contribution in [2.24, 2.45) is 52.3 Å². The molecule has 244 valence electrons. The van der Waals surface area contributed by atoms with Crippen LogP contribution >= 0.6 is 11.8 Å². The van der Waals surface area contributed by atoms with Crippen LogP contribution in [0.3, 0.4) is 0 Å². The van der Waals surface area contributed by atoms with E-state index in [0.717, 1.165) is 50.9 Å². The molecule has 1 saturated heterocycles. The zero-order valence-electron chi connectivity index (χ0n) is 27.9. The van der Waals surface area contributed by atoms with E-state index in [2.05, 4.69) is 20.8 Å². The Bertz CT molecular complexity index is 1170. The van der Waals surface area contributed by atoms with Crippen molar-refractivity contribution in [3.05, 3.63) is 35.9 Å². The largest absolute Gasteiger partial charge is 0.466 e. The van der Waals surface area contributed by atoms with Crippen LogP contribution in [0.1, 0.15) is 116 Å². The number of carbonyl (C=O) groups is 2. The summed E-state index contributed by atoms with van der Waals surface area (Å²) in [5, 5.41) is 0. The highest BCUT2D eigenvalue weighted by molar-refractivity contribution is 8.00. The number of hydrogen-bond acceptors (Lipinski definition) is 6. The first-order valence-electron chi connectivity index (χ1n) is 17.8. The maximum atomic E-state index is 13.6. The summed E-state index contributed by atoms with van der Waals surface area (Å²) in [4.78, 5) is 25.8. The lowest BCUT2D eigenvalue weighted by Gasteiger charge is -2.63. The summed E-state index contributed by atoms with van der Waals surface area (Å²) in [5.74, 6) is 4.31. The molecule has 6 heteroatoms. The highest BCUT2D eigenvalue weighted by atomic mass is 32.2. The summed E-state index contributed by atoms with van der Waals surface area (Å²) in [6, 6.07) is 9.62. The van der Waals surface area contributed by atoms with Gasteiger partial charge in [-0.1, -0.05) is 58.7 Å². The normalized spacial score (nSPS) is 40.8. The first-order valence-corrected chi connectivity index (χ1v) is 18.8. The van der Waals surface area contributed by atoms with Crippen molar-refractivity contribution in [3.8, 4) is 0 Å². The van der Waals surface area contributed by atoms with Crippen LogP contribution < -0.4 is 0 Å². The van der Waals surface area contributed by atoms with E-state index in [4.69, 9.17) is 14.2 Å². The standard InChI is InChI=1S/C38H56O5S/c1-6-41-34(39)26(3)12-10-11-25(2)29-15-16-30-33-31(17-18-37(29,30)5)36(4)19-20-38(42-21-22-44-38)24-28(36)23-32(33)43-35(40)27-13-8-7-9-14-27/h7-9,13-14,25-26,28-33H,6,10-12,15-24H2,1-5H3/t25-,26?,28+,29?,30?,31?,32?,33?,36?,37?,38?/m1/s1. The molecule has 1 heterocycles. The van der Waals surface area contributed by atoms with E-state index in [1.807, 2.05) is 55.9 Å². The summed E-state index contributed by atoms with van der Waals surface area (Å²) >= 11 is 2.04. The Hall–Kier alpha value is -1.53. The second-order valence-electron chi connectivity index (χ2n) is 15.6. The number of fused-ring (bicyclic) bond motifs is 5. The molecule has 4 aliphatic carbocycles. The van der Waals surface area contributed by atoms with E-state index in [9.17, 15) is 9.59 Å². The molecule has 0 radical (unpaired) electrons. The van der Waals surface area contributed by atoms with Crippen molar-refractivity contribution in [1.82, 2.24) is 0 Å². The van der Waals surface area contributed by atoms with Crippen molar-refractivity contribution in [3.63, 3.8) is 0 Å². The predicted octanol–water partition coefficient (Wildman–Crippen LogP) is 8.95. The van der Waals surface area contributed by atoms with Gasteiger partial charge in [0.1, 0.15) is 11.0 Å². The second-order valence-corrected chi connectivity index (χ2v) is 17.1. The smallest absolute Gasteiger partial charge is 0.338 e. The first kappa shape index (κ1) is 32.4. The molecule has 4 saturated carbocycles. The number of benzene rings is 1. The van der Waals surface area contributed by atoms with Crippen molar-refractivity contribution >= 4 is 23.7 Å². The monoisotopic (exact) mass is 624 g/mol. The minimum atomic E-state index is -0.152. The van der Waals surface area contributed by atoms with E-state index >= 15 is 0 Å². The third-order valence-electron chi connectivity index (χ3n) is 13.5. The third-order valence-corrected chi connectivity index (χ3v) is 14.9. The van der Waals surface area contributed by atoms with E-state index in [0.29, 0.717) is 47.7 Å². The van der Waals surface area contributed by atoms with Crippen LogP contribution in [0.2, 0.25) is 0 Å². The summed E-state index contributed by atoms with van der Waals surface area (Å²) in [5.41, 5.74) is 1.22. The highest BCUT2D eigenvalue weighted by Crippen LogP contribution is 2.70. The third kappa shape index (κ3) is 5.89. The minimum absolute atomic E-state index is 0.0210. The van der Waals surface area contributed by atoms with Gasteiger partial charge in [-0.25, -0.2) is 4.79 Å². The van der Waals surface area contributed by atoms with Gasteiger partial charge in [0.25, 0.3) is 0 Å². The molecule has 1 aliphatic heterocycles. The Kier molecular flexibility index (Phi) is 9.53. The van der Waals surface area contributed by atoms with Crippen LogP contribution in [0.15, 0.2) is 30.3 Å². The number of hydrogen-bond donors (Lipinski definition) is 0. The van der Waals surface area contributed by atoms with Gasteiger partial charge in [-0.3, -0.25) is 4.79 Å². The van der Waals surface area contributed by atoms with Gasteiger partial charge in [0.05, 0.1) is 24.7 Å². The molecule has 9 unspecified atom stereocenters. The van der Waals surface area contributed by atoms with Crippen LogP contribution in [-0.4, -0.2) is 41.9 Å². The van der Waals surface area contributed by atoms with E-state index in [1.54, 1.807) is 0 Å². The predicted molar refractivity (Wildman–Crippen MR) is 176 cm³/mol. The fourth-order valence-corrected chi connectivity index (χ4v) is 12.4. The first-order chi connectivity index (χ1) is 21.1. The van der Waals surface area contributed by atoms with Crippen molar-refractivity contribution in [2.45, 2.75) is 116 Å². The molecule has 44 heavy (non-hydrogen) atoms. The minimum Gasteiger partial charge on any atom is -0.466 e. The molecule has 5 fully saturated rings. The molecular weight excluding hydrogens is 568 g/mol. The Labute approximate surface area is 270 Å². The van der Waals surface area contributed by atoms with Crippen LogP contribution in [0.4, 0.5) is 0 Å². The molecule has 1 spiro atoms. The maximum absolute atomic E-state index is 13.6. The van der Waals surface area contributed by atoms with Crippen molar-refractivity contribution in [2.75, 3.05) is 19.0 Å². The fraction of sp³-hybridized carbons (Fsp3) is 0.789. The zero-order valence-corrected chi connectivity index (χ0v) is 28.7. The van der Waals surface area contributed by atoms with Gasteiger partial charge in [0.2, 0.25) is 0 Å². The quantitative estimate of drug-likeness (QED) is 0.256. The fourth-order valence-electron chi connectivity index (χ4n) is 11.1. The van der Waals surface area contributed by atoms with Crippen LogP contribution in [0.5, 0.6) is 0 Å². The Morgan fingerprint density at radius 2 is 1.77 bits per heavy atom. The lowest BCUT2D eigenvalue weighted by Crippen LogP contribution is -2.60. The Balaban J connectivity index is 1.21. The number of esters is 2. The molecule has 5 nitrogen and oxygen atoms in total. The van der Waals surface area contributed by atoms with E-state index < -0.39 is 0 Å². The van der Waals surface area contributed by atoms with Crippen LogP contribution in [0, 0.1) is 52.3 Å². The van der Waals surface area contributed by atoms with Gasteiger partial charge in [-0.05, 0) is 117 Å². The summed E-state index contributed by atoms with van der Waals surface area (Å²) in [6.07, 6.45) is 12.6. The van der Waals surface area contributed by atoms with Gasteiger partial charge < -0.3 is 14.2 Å². The maximum Gasteiger partial charge on any atom is 0.338 e. The number of carbonyl (C=O) groups excluding carboxylic acids is 2. The van der Waals surface area contributed by atoms with E-state index in [1.165, 1.54) is 32.1 Å². The van der Waals surface area contributed by atoms with Crippen molar-refractivity contribution in [1.29, 1.82) is 0 Å². The number of rotatable bonds is 9. The molecule has 0 N–H and O–H groups in total. The van der Waals surface area contributed by atoms with Crippen LogP contribution in [-0.2, 0) is 19.0 Å². The highest BCUT2D eigenvalue weighted by Gasteiger charge is 2.65. The van der Waals surface area contributed by atoms with Crippen molar-refractivity contribution < 1.29 is 23.8 Å². The average molecular weight is 625 g/mol. The average Bonchev–Trinajstić information content (AvgIpc) is 3.62. The lowest BCUT2D eigenvalue weighted by molar-refractivity contribution is -0.181. The molecule has 0 amide bonds. The molecule has 6 rings (SSSR count). The summed E-state index contributed by atoms with van der Waals surface area (Å²) in [7, 11) is 0. The molecule has 5 aliphatic rings. The number of thioether (sulfide) groups is 1. The van der Waals surface area contributed by atoms with Gasteiger partial charge >= 0.3 is 11.9 Å². The van der Waals surface area contributed by atoms with E-state index in [-0.39, 0.29) is 39.7 Å². The molecule has 0 aromatic heterocycles. The molecule has 0 bridgehead atoms. The molecule has 11 atom stereocenters. The molecule has 1 aromatic carbocycles. The zero-order chi connectivity index (χ0) is 31.1. The topological polar surface area (TPSA) is 61.8 Å². The Morgan fingerprint density at radius 3 is 2.50 bits per heavy atom. The second kappa shape index (κ2) is 12.9. The van der Waals surface area contributed by atoms with Gasteiger partial charge in [-0.2, -0.15) is 0 Å². The lowest BCUT2D eigenvalue weighted by atomic mass is 9.43. The molecule has 1 aromatic rings. The summed E-state index contributed by atoms with van der Waals surface area (Å²) in [6.45, 7) is 12.9. The summed E-state index contributed by atoms with van der Waals surface area (Å²) < 4.78 is 18.3. The SMILES string of the molecule is CCOC(=O)C(C)CCC[C@@H](C)C1CCC2C3C(OC(=O)c4ccccc4)C[C@H]4CC5(CCC4(C)C3CCC21C)OCCS5. The van der Waals surface area contributed by atoms with Gasteiger partial charge in [0.15, 0.2) is 0 Å².